The van der Waals surface area contributed by atoms with E-state index in [1.807, 2.05) is 0 Å². The zero-order valence-electron chi connectivity index (χ0n) is 10.5. The molecule has 2 atom stereocenters. The highest BCUT2D eigenvalue weighted by atomic mass is 35.5. The summed E-state index contributed by atoms with van der Waals surface area (Å²) < 4.78 is 50.7. The van der Waals surface area contributed by atoms with Gasteiger partial charge in [-0.05, 0) is 18.6 Å². The number of benzene rings is 1. The van der Waals surface area contributed by atoms with Crippen LogP contribution in [0.2, 0.25) is 5.02 Å². The number of hydrogen-bond donors (Lipinski definition) is 1. The number of hydrogen-bond acceptors (Lipinski definition) is 3. The Kier molecular flexibility index (Phi) is 5.91. The Morgan fingerprint density at radius 2 is 2.11 bits per heavy atom. The van der Waals surface area contributed by atoms with Crippen molar-refractivity contribution in [3.63, 3.8) is 0 Å². The molecule has 0 fully saturated rings. The monoisotopic (exact) mass is 327 g/mol. The summed E-state index contributed by atoms with van der Waals surface area (Å²) in [5.74, 6) is -0.896. The predicted octanol–water partition coefficient (Wildman–Crippen LogP) is 1.91. The molecule has 1 N–H and O–H groups in total. The van der Waals surface area contributed by atoms with Gasteiger partial charge in [-0.25, -0.2) is 17.5 Å². The van der Waals surface area contributed by atoms with Crippen LogP contribution in [0.25, 0.3) is 0 Å². The lowest BCUT2D eigenvalue weighted by molar-refractivity contribution is 0.555. The molecule has 0 bridgehead atoms. The van der Waals surface area contributed by atoms with E-state index in [1.165, 1.54) is 12.1 Å². The van der Waals surface area contributed by atoms with Crippen molar-refractivity contribution in [1.29, 1.82) is 0 Å². The van der Waals surface area contributed by atoms with Gasteiger partial charge < -0.3 is 0 Å². The Labute approximate surface area is 119 Å². The third-order valence-corrected chi connectivity index (χ3v) is 5.93. The second kappa shape index (κ2) is 6.78. The van der Waals surface area contributed by atoms with E-state index in [1.54, 1.807) is 13.2 Å². The minimum atomic E-state index is -4.00. The highest BCUT2D eigenvalue weighted by Gasteiger charge is 2.22. The molecule has 0 saturated heterocycles. The summed E-state index contributed by atoms with van der Waals surface area (Å²) in [7, 11) is -5.03. The largest absolute Gasteiger partial charge is 0.260 e. The van der Waals surface area contributed by atoms with Crippen LogP contribution in [0.1, 0.15) is 13.3 Å². The molecular weight excluding hydrogens is 313 g/mol. The number of sulfonamides is 1. The summed E-state index contributed by atoms with van der Waals surface area (Å²) in [5, 5.41) is -0.307. The first-order valence-electron chi connectivity index (χ1n) is 5.51. The molecule has 0 saturated carbocycles. The maximum Gasteiger partial charge on any atom is 0.244 e. The molecule has 0 spiro atoms. The van der Waals surface area contributed by atoms with Crippen LogP contribution in [-0.2, 0) is 20.8 Å². The lowest BCUT2D eigenvalue weighted by Crippen LogP contribution is -2.28. The van der Waals surface area contributed by atoms with Gasteiger partial charge >= 0.3 is 0 Å². The topological polar surface area (TPSA) is 63.2 Å². The van der Waals surface area contributed by atoms with Crippen molar-refractivity contribution in [2.45, 2.75) is 23.5 Å². The van der Waals surface area contributed by atoms with Crippen molar-refractivity contribution in [3.05, 3.63) is 29.0 Å². The standard InChI is InChI=1S/C11H15ClFNO3S2/c1-8(18(2)15)6-7-14-19(16,17)11-9(12)4-3-5-10(11)13/h3-5,8,14H,6-7H2,1-2H3/t8-,18+/m0/s1. The SMILES string of the molecule is C[C@@H](CCNS(=O)(=O)c1c(F)cccc1Cl)[S@@](C)=O. The first-order chi connectivity index (χ1) is 8.75. The molecule has 8 heteroatoms. The summed E-state index contributed by atoms with van der Waals surface area (Å²) in [6, 6.07) is 3.67. The minimum Gasteiger partial charge on any atom is -0.260 e. The van der Waals surface area contributed by atoms with Gasteiger partial charge in [-0.3, -0.25) is 4.21 Å². The molecule has 0 unspecified atom stereocenters. The maximum absolute atomic E-state index is 13.5. The van der Waals surface area contributed by atoms with Crippen LogP contribution < -0.4 is 4.72 Å². The summed E-state index contributed by atoms with van der Waals surface area (Å²) in [6.45, 7) is 1.83. The van der Waals surface area contributed by atoms with E-state index in [0.29, 0.717) is 6.42 Å². The van der Waals surface area contributed by atoms with Gasteiger partial charge in [-0.1, -0.05) is 24.6 Å². The lowest BCUT2D eigenvalue weighted by atomic mass is 10.3. The number of nitrogens with one attached hydrogen (secondary N) is 1. The molecule has 0 aliphatic carbocycles. The van der Waals surface area contributed by atoms with Crippen LogP contribution in [0, 0.1) is 5.82 Å². The molecule has 0 heterocycles. The van der Waals surface area contributed by atoms with E-state index < -0.39 is 31.5 Å². The molecule has 0 aliphatic rings. The molecule has 108 valence electrons. The summed E-state index contributed by atoms with van der Waals surface area (Å²) in [4.78, 5) is -0.554. The third-order valence-electron chi connectivity index (χ3n) is 2.60. The van der Waals surface area contributed by atoms with Gasteiger partial charge in [0.1, 0.15) is 10.7 Å². The Balaban J connectivity index is 2.80. The highest BCUT2D eigenvalue weighted by Crippen LogP contribution is 2.23. The van der Waals surface area contributed by atoms with Gasteiger partial charge in [0.2, 0.25) is 10.0 Å². The Hall–Kier alpha value is -0.500. The minimum absolute atomic E-state index is 0.0771. The quantitative estimate of drug-likeness (QED) is 0.868. The fraction of sp³-hybridized carbons (Fsp3) is 0.455. The van der Waals surface area contributed by atoms with Crippen LogP contribution in [0.4, 0.5) is 4.39 Å². The Morgan fingerprint density at radius 1 is 1.47 bits per heavy atom. The van der Waals surface area contributed by atoms with Crippen LogP contribution in [0.5, 0.6) is 0 Å². The molecule has 4 nitrogen and oxygen atoms in total. The van der Waals surface area contributed by atoms with Crippen LogP contribution in [0.15, 0.2) is 23.1 Å². The first kappa shape index (κ1) is 16.6. The maximum atomic E-state index is 13.5. The van der Waals surface area contributed by atoms with E-state index in [2.05, 4.69) is 4.72 Å². The highest BCUT2D eigenvalue weighted by molar-refractivity contribution is 7.89. The number of halogens is 2. The second-order valence-corrected chi connectivity index (χ2v) is 7.96. The van der Waals surface area contributed by atoms with Gasteiger partial charge in [-0.15, -0.1) is 0 Å². The molecule has 1 rings (SSSR count). The van der Waals surface area contributed by atoms with Crippen molar-refractivity contribution in [2.75, 3.05) is 12.8 Å². The summed E-state index contributed by atoms with van der Waals surface area (Å²) in [5.41, 5.74) is 0. The van der Waals surface area contributed by atoms with E-state index in [-0.39, 0.29) is 16.8 Å². The van der Waals surface area contributed by atoms with Crippen LogP contribution >= 0.6 is 11.6 Å². The fourth-order valence-electron chi connectivity index (χ4n) is 1.37. The molecular formula is C11H15ClFNO3S2. The van der Waals surface area contributed by atoms with Crippen molar-refractivity contribution in [3.8, 4) is 0 Å². The fourth-order valence-corrected chi connectivity index (χ4v) is 3.47. The number of rotatable bonds is 6. The zero-order valence-corrected chi connectivity index (χ0v) is 12.9. The summed E-state index contributed by atoms with van der Waals surface area (Å²) >= 11 is 5.70. The third kappa shape index (κ3) is 4.52. The van der Waals surface area contributed by atoms with E-state index in [4.69, 9.17) is 11.6 Å². The molecule has 0 aliphatic heterocycles. The molecule has 1 aromatic rings. The zero-order chi connectivity index (χ0) is 14.6. The van der Waals surface area contributed by atoms with Crippen molar-refractivity contribution >= 4 is 32.4 Å². The second-order valence-electron chi connectivity index (χ2n) is 4.05. The molecule has 19 heavy (non-hydrogen) atoms. The van der Waals surface area contributed by atoms with Gasteiger partial charge in [0.05, 0.1) is 5.02 Å². The first-order valence-corrected chi connectivity index (χ1v) is 9.00. The van der Waals surface area contributed by atoms with Crippen molar-refractivity contribution < 1.29 is 17.0 Å². The molecule has 0 amide bonds. The van der Waals surface area contributed by atoms with Crippen LogP contribution in [-0.4, -0.2) is 30.7 Å². The van der Waals surface area contributed by atoms with Gasteiger partial charge in [0, 0.05) is 28.9 Å². The molecule has 0 aromatic heterocycles. The Bertz CT molecular complexity index is 557. The van der Waals surface area contributed by atoms with Crippen LogP contribution in [0.3, 0.4) is 0 Å². The molecule has 1 aromatic carbocycles. The Morgan fingerprint density at radius 3 is 2.63 bits per heavy atom. The van der Waals surface area contributed by atoms with Gasteiger partial charge in [-0.2, -0.15) is 0 Å². The normalized spacial score (nSPS) is 15.2. The lowest BCUT2D eigenvalue weighted by Gasteiger charge is -2.11. The smallest absolute Gasteiger partial charge is 0.244 e. The average molecular weight is 328 g/mol. The van der Waals surface area contributed by atoms with E-state index >= 15 is 0 Å². The molecule has 0 radical (unpaired) electrons. The van der Waals surface area contributed by atoms with E-state index in [0.717, 1.165) is 6.07 Å². The average Bonchev–Trinajstić information content (AvgIpc) is 2.27. The van der Waals surface area contributed by atoms with Gasteiger partial charge in [0.15, 0.2) is 0 Å². The van der Waals surface area contributed by atoms with E-state index in [9.17, 15) is 17.0 Å². The predicted molar refractivity (Wildman–Crippen MR) is 74.7 cm³/mol. The summed E-state index contributed by atoms with van der Waals surface area (Å²) in [6.07, 6.45) is 1.95. The van der Waals surface area contributed by atoms with Crippen molar-refractivity contribution in [1.82, 2.24) is 4.72 Å². The van der Waals surface area contributed by atoms with Crippen molar-refractivity contribution in [2.24, 2.45) is 0 Å². The van der Waals surface area contributed by atoms with Gasteiger partial charge in [0.25, 0.3) is 0 Å².